The largest absolute Gasteiger partial charge is 0.370 e. The predicted octanol–water partition coefficient (Wildman–Crippen LogP) is 1.71. The third-order valence-electron chi connectivity index (χ3n) is 2.10. The molecule has 3 N–H and O–H groups in total. The SMILES string of the molecule is CC(C)(CC(N)=O)Nc1ncc(Cl)cc1[N+](=O)[O-]. The maximum atomic E-state index is 10.9. The highest BCUT2D eigenvalue weighted by molar-refractivity contribution is 6.30. The first-order valence-electron chi connectivity index (χ1n) is 5.08. The number of nitrogens with zero attached hydrogens (tertiary/aromatic N) is 2. The standard InChI is InChI=1S/C10H13ClN4O3/c1-10(2,4-8(12)16)14-9-7(15(17)18)3-6(11)5-13-9/h3,5H,4H2,1-2H3,(H2,12,16)(H,13,14). The number of carbonyl (C=O) groups excluding carboxylic acids is 1. The van der Waals surface area contributed by atoms with Crippen LogP contribution in [-0.2, 0) is 4.79 Å². The summed E-state index contributed by atoms with van der Waals surface area (Å²) < 4.78 is 0. The molecule has 18 heavy (non-hydrogen) atoms. The Morgan fingerprint density at radius 3 is 2.78 bits per heavy atom. The molecule has 0 fully saturated rings. The Kier molecular flexibility index (Phi) is 4.07. The first-order chi connectivity index (χ1) is 8.21. The van der Waals surface area contributed by atoms with E-state index in [2.05, 4.69) is 10.3 Å². The number of carbonyl (C=O) groups is 1. The summed E-state index contributed by atoms with van der Waals surface area (Å²) in [4.78, 5) is 25.0. The minimum atomic E-state index is -0.739. The van der Waals surface area contributed by atoms with E-state index < -0.39 is 16.4 Å². The van der Waals surface area contributed by atoms with Gasteiger partial charge in [-0.1, -0.05) is 11.6 Å². The summed E-state index contributed by atoms with van der Waals surface area (Å²) in [6.45, 7) is 3.38. The zero-order valence-electron chi connectivity index (χ0n) is 9.94. The highest BCUT2D eigenvalue weighted by Gasteiger charge is 2.25. The Morgan fingerprint density at radius 2 is 2.28 bits per heavy atom. The zero-order valence-corrected chi connectivity index (χ0v) is 10.7. The Labute approximate surface area is 108 Å². The Bertz CT molecular complexity index is 490. The van der Waals surface area contributed by atoms with Crippen LogP contribution in [-0.4, -0.2) is 21.4 Å². The van der Waals surface area contributed by atoms with Gasteiger partial charge in [0.25, 0.3) is 0 Å². The molecule has 0 bridgehead atoms. The summed E-state index contributed by atoms with van der Waals surface area (Å²) in [5.41, 5.74) is 4.11. The van der Waals surface area contributed by atoms with Crippen LogP contribution < -0.4 is 11.1 Å². The van der Waals surface area contributed by atoms with Crippen molar-refractivity contribution in [3.8, 4) is 0 Å². The predicted molar refractivity (Wildman–Crippen MR) is 67.4 cm³/mol. The van der Waals surface area contributed by atoms with Crippen molar-refractivity contribution in [2.24, 2.45) is 5.73 Å². The number of aromatic nitrogens is 1. The van der Waals surface area contributed by atoms with Gasteiger partial charge in [-0.2, -0.15) is 0 Å². The van der Waals surface area contributed by atoms with Crippen LogP contribution in [0.2, 0.25) is 5.02 Å². The minimum Gasteiger partial charge on any atom is -0.370 e. The highest BCUT2D eigenvalue weighted by Crippen LogP contribution is 2.28. The first kappa shape index (κ1) is 14.2. The lowest BCUT2D eigenvalue weighted by Crippen LogP contribution is -2.36. The molecule has 8 heteroatoms. The fraction of sp³-hybridized carbons (Fsp3) is 0.400. The summed E-state index contributed by atoms with van der Waals surface area (Å²) in [7, 11) is 0. The molecule has 1 amide bonds. The molecule has 0 spiro atoms. The van der Waals surface area contributed by atoms with Gasteiger partial charge in [-0.25, -0.2) is 4.98 Å². The number of anilines is 1. The van der Waals surface area contributed by atoms with Crippen molar-refractivity contribution in [3.05, 3.63) is 27.4 Å². The molecule has 0 radical (unpaired) electrons. The number of pyridine rings is 1. The maximum absolute atomic E-state index is 10.9. The normalized spacial score (nSPS) is 11.1. The number of nitrogens with one attached hydrogen (secondary N) is 1. The number of hydrogen-bond acceptors (Lipinski definition) is 5. The van der Waals surface area contributed by atoms with Crippen LogP contribution in [0.15, 0.2) is 12.3 Å². The molecule has 1 aromatic rings. The van der Waals surface area contributed by atoms with Crippen LogP contribution in [0, 0.1) is 10.1 Å². The van der Waals surface area contributed by atoms with Gasteiger partial charge in [0, 0.05) is 24.2 Å². The van der Waals surface area contributed by atoms with Crippen LogP contribution >= 0.6 is 11.6 Å². The molecule has 0 unspecified atom stereocenters. The number of hydrogen-bond donors (Lipinski definition) is 2. The third-order valence-corrected chi connectivity index (χ3v) is 2.31. The summed E-state index contributed by atoms with van der Waals surface area (Å²) in [6.07, 6.45) is 1.31. The second kappa shape index (κ2) is 5.18. The van der Waals surface area contributed by atoms with Crippen molar-refractivity contribution in [1.82, 2.24) is 4.98 Å². The van der Waals surface area contributed by atoms with Gasteiger partial charge in [0.2, 0.25) is 11.7 Å². The first-order valence-corrected chi connectivity index (χ1v) is 5.45. The van der Waals surface area contributed by atoms with E-state index in [9.17, 15) is 14.9 Å². The number of primary amides is 1. The molecule has 7 nitrogen and oxygen atoms in total. The van der Waals surface area contributed by atoms with E-state index in [4.69, 9.17) is 17.3 Å². The second-order valence-corrected chi connectivity index (χ2v) is 4.87. The quantitative estimate of drug-likeness (QED) is 0.626. The van der Waals surface area contributed by atoms with Gasteiger partial charge in [-0.05, 0) is 13.8 Å². The monoisotopic (exact) mass is 272 g/mol. The molecule has 0 atom stereocenters. The number of nitro groups is 1. The molecule has 1 rings (SSSR count). The highest BCUT2D eigenvalue weighted by atomic mass is 35.5. The maximum Gasteiger partial charge on any atom is 0.312 e. The molecule has 0 aliphatic heterocycles. The van der Waals surface area contributed by atoms with Crippen molar-refractivity contribution in [2.75, 3.05) is 5.32 Å². The van der Waals surface area contributed by atoms with Crippen LogP contribution in [0.1, 0.15) is 20.3 Å². The number of amides is 1. The number of nitrogens with two attached hydrogens (primary N) is 1. The van der Waals surface area contributed by atoms with Crippen LogP contribution in [0.3, 0.4) is 0 Å². The van der Waals surface area contributed by atoms with Crippen molar-refractivity contribution >= 4 is 29.0 Å². The molecule has 1 heterocycles. The average molecular weight is 273 g/mol. The van der Waals surface area contributed by atoms with Gasteiger partial charge in [-0.3, -0.25) is 14.9 Å². The van der Waals surface area contributed by atoms with Crippen molar-refractivity contribution in [2.45, 2.75) is 25.8 Å². The number of rotatable bonds is 5. The summed E-state index contributed by atoms with van der Waals surface area (Å²) >= 11 is 5.65. The lowest BCUT2D eigenvalue weighted by molar-refractivity contribution is -0.384. The molecule has 0 aliphatic carbocycles. The fourth-order valence-corrected chi connectivity index (χ4v) is 1.62. The molecular weight excluding hydrogens is 260 g/mol. The third kappa shape index (κ3) is 3.85. The lowest BCUT2D eigenvalue weighted by atomic mass is 10.0. The van der Waals surface area contributed by atoms with Crippen LogP contribution in [0.25, 0.3) is 0 Å². The van der Waals surface area contributed by atoms with E-state index >= 15 is 0 Å². The van der Waals surface area contributed by atoms with Crippen molar-refractivity contribution < 1.29 is 9.72 Å². The van der Waals surface area contributed by atoms with E-state index in [1.54, 1.807) is 13.8 Å². The van der Waals surface area contributed by atoms with E-state index in [1.807, 2.05) is 0 Å². The number of halogens is 1. The Morgan fingerprint density at radius 1 is 1.67 bits per heavy atom. The van der Waals surface area contributed by atoms with E-state index in [0.29, 0.717) is 0 Å². The topological polar surface area (TPSA) is 111 Å². The molecule has 0 saturated carbocycles. The minimum absolute atomic E-state index is 0.0223. The van der Waals surface area contributed by atoms with E-state index in [1.165, 1.54) is 12.3 Å². The Hall–Kier alpha value is -1.89. The van der Waals surface area contributed by atoms with Crippen molar-refractivity contribution in [3.63, 3.8) is 0 Å². The van der Waals surface area contributed by atoms with Gasteiger partial charge >= 0.3 is 5.69 Å². The summed E-state index contributed by atoms with van der Waals surface area (Å²) in [5, 5.41) is 13.8. The smallest absolute Gasteiger partial charge is 0.312 e. The fourth-order valence-electron chi connectivity index (χ4n) is 1.46. The summed E-state index contributed by atoms with van der Waals surface area (Å²) in [5.74, 6) is -0.459. The molecular formula is C10H13ClN4O3. The van der Waals surface area contributed by atoms with Gasteiger partial charge in [-0.15, -0.1) is 0 Å². The second-order valence-electron chi connectivity index (χ2n) is 4.43. The summed E-state index contributed by atoms with van der Waals surface area (Å²) in [6, 6.07) is 1.19. The van der Waals surface area contributed by atoms with Crippen LogP contribution in [0.4, 0.5) is 11.5 Å². The average Bonchev–Trinajstić information content (AvgIpc) is 2.18. The molecule has 1 aromatic heterocycles. The molecule has 98 valence electrons. The molecule has 0 aromatic carbocycles. The van der Waals surface area contributed by atoms with Gasteiger partial charge in [0.05, 0.1) is 9.95 Å². The van der Waals surface area contributed by atoms with E-state index in [-0.39, 0.29) is 22.9 Å². The lowest BCUT2D eigenvalue weighted by Gasteiger charge is -2.25. The van der Waals surface area contributed by atoms with Gasteiger partial charge in [0.15, 0.2) is 0 Å². The Balaban J connectivity index is 3.03. The molecule has 0 aliphatic rings. The van der Waals surface area contributed by atoms with E-state index in [0.717, 1.165) is 0 Å². The zero-order chi connectivity index (χ0) is 13.9. The van der Waals surface area contributed by atoms with Gasteiger partial charge < -0.3 is 11.1 Å². The van der Waals surface area contributed by atoms with Gasteiger partial charge in [0.1, 0.15) is 0 Å². The van der Waals surface area contributed by atoms with Crippen LogP contribution in [0.5, 0.6) is 0 Å². The molecule has 0 saturated heterocycles. The van der Waals surface area contributed by atoms with Crippen molar-refractivity contribution in [1.29, 1.82) is 0 Å².